The van der Waals surface area contributed by atoms with Crippen LogP contribution in [0.15, 0.2) is 70.7 Å². The Morgan fingerprint density at radius 1 is 1.18 bits per heavy atom. The molecule has 2 saturated heterocycles. The van der Waals surface area contributed by atoms with E-state index in [1.165, 1.54) is 11.8 Å². The topological polar surface area (TPSA) is 89.9 Å². The summed E-state index contributed by atoms with van der Waals surface area (Å²) in [6.07, 6.45) is 5.71. The van der Waals surface area contributed by atoms with Gasteiger partial charge < -0.3 is 15.0 Å². The van der Waals surface area contributed by atoms with Gasteiger partial charge in [-0.05, 0) is 48.9 Å². The van der Waals surface area contributed by atoms with Crippen molar-refractivity contribution in [3.8, 4) is 0 Å². The van der Waals surface area contributed by atoms with Crippen LogP contribution in [0, 0.1) is 0 Å². The molecule has 2 aromatic carbocycles. The normalized spacial score (nSPS) is 21.0. The van der Waals surface area contributed by atoms with Gasteiger partial charge in [-0.2, -0.15) is 0 Å². The molecule has 3 heterocycles. The molecule has 0 bridgehead atoms. The highest BCUT2D eigenvalue weighted by molar-refractivity contribution is 8.18. The van der Waals surface area contributed by atoms with Gasteiger partial charge in [0.15, 0.2) is 5.17 Å². The lowest BCUT2D eigenvalue weighted by atomic mass is 10.1. The van der Waals surface area contributed by atoms with Crippen LogP contribution in [0.3, 0.4) is 0 Å². The number of aliphatic imine (C=N–C) groups is 1. The largest absolute Gasteiger partial charge is 0.376 e. The summed E-state index contributed by atoms with van der Waals surface area (Å²) >= 11 is 1.36. The smallest absolute Gasteiger partial charge is 0.266 e. The number of aromatic nitrogens is 1. The molecule has 0 saturated carbocycles. The van der Waals surface area contributed by atoms with Crippen LogP contribution >= 0.6 is 11.8 Å². The van der Waals surface area contributed by atoms with Gasteiger partial charge >= 0.3 is 0 Å². The summed E-state index contributed by atoms with van der Waals surface area (Å²) in [5.74, 6) is -0.502. The minimum Gasteiger partial charge on any atom is -0.376 e. The molecule has 0 radical (unpaired) electrons. The first-order chi connectivity index (χ1) is 16.1. The number of fused-ring (bicyclic) bond motifs is 1. The van der Waals surface area contributed by atoms with Gasteiger partial charge in [-0.25, -0.2) is 4.99 Å². The fourth-order valence-corrected chi connectivity index (χ4v) is 5.19. The molecule has 2 aliphatic heterocycles. The highest BCUT2D eigenvalue weighted by atomic mass is 32.2. The summed E-state index contributed by atoms with van der Waals surface area (Å²) in [7, 11) is 0. The lowest BCUT2D eigenvalue weighted by Gasteiger charge is -2.19. The fourth-order valence-electron chi connectivity index (χ4n) is 4.19. The number of carbonyl (C=O) groups is 2. The number of primary amides is 1. The maximum atomic E-state index is 13.4. The van der Waals surface area contributed by atoms with Gasteiger partial charge in [0.2, 0.25) is 5.91 Å². The maximum Gasteiger partial charge on any atom is 0.266 e. The number of nitrogens with two attached hydrogens (primary N) is 1. The zero-order valence-electron chi connectivity index (χ0n) is 18.0. The predicted molar refractivity (Wildman–Crippen MR) is 131 cm³/mol. The molecule has 168 valence electrons. The van der Waals surface area contributed by atoms with Crippen molar-refractivity contribution in [3.63, 3.8) is 0 Å². The average molecular weight is 461 g/mol. The summed E-state index contributed by atoms with van der Waals surface area (Å²) < 4.78 is 7.61. The van der Waals surface area contributed by atoms with E-state index in [2.05, 4.69) is 0 Å². The number of carbonyl (C=O) groups excluding carboxylic acids is 2. The Balaban J connectivity index is 1.52. The van der Waals surface area contributed by atoms with Crippen LogP contribution in [-0.2, 0) is 20.9 Å². The third kappa shape index (κ3) is 4.58. The van der Waals surface area contributed by atoms with E-state index < -0.39 is 5.91 Å². The summed E-state index contributed by atoms with van der Waals surface area (Å²) in [6, 6.07) is 17.4. The highest BCUT2D eigenvalue weighted by Gasteiger charge is 2.36. The molecule has 0 spiro atoms. The van der Waals surface area contributed by atoms with Crippen molar-refractivity contribution in [1.82, 2.24) is 9.47 Å². The van der Waals surface area contributed by atoms with E-state index in [9.17, 15) is 9.59 Å². The number of rotatable bonds is 6. The number of nitrogens with zero attached hydrogens (tertiary/aromatic N) is 3. The van der Waals surface area contributed by atoms with Crippen LogP contribution in [0.2, 0.25) is 0 Å². The van der Waals surface area contributed by atoms with E-state index in [4.69, 9.17) is 15.5 Å². The third-order valence-corrected chi connectivity index (χ3v) is 6.72. The Hall–Kier alpha value is -3.36. The molecule has 5 rings (SSSR count). The number of amidine groups is 1. The third-order valence-electron chi connectivity index (χ3n) is 5.71. The van der Waals surface area contributed by atoms with Crippen LogP contribution in [0.1, 0.15) is 18.4 Å². The number of benzene rings is 2. The molecule has 1 aromatic heterocycles. The van der Waals surface area contributed by atoms with E-state index >= 15 is 0 Å². The molecule has 2 fully saturated rings. The van der Waals surface area contributed by atoms with E-state index in [0.29, 0.717) is 16.6 Å². The number of hydrogen-bond acceptors (Lipinski definition) is 5. The Bertz CT molecular complexity index is 1260. The molecule has 0 aliphatic carbocycles. The van der Waals surface area contributed by atoms with Crippen molar-refractivity contribution in [2.75, 3.05) is 13.2 Å². The van der Waals surface area contributed by atoms with Crippen molar-refractivity contribution in [2.45, 2.75) is 25.5 Å². The number of hydrogen-bond donors (Lipinski definition) is 1. The predicted octanol–water partition coefficient (Wildman–Crippen LogP) is 3.91. The van der Waals surface area contributed by atoms with E-state index in [0.717, 1.165) is 41.6 Å². The van der Waals surface area contributed by atoms with Gasteiger partial charge in [-0.15, -0.1) is 0 Å². The summed E-state index contributed by atoms with van der Waals surface area (Å²) in [6.45, 7) is 1.29. The number of ether oxygens (including phenoxy) is 1. The minimum absolute atomic E-state index is 0.0207. The molecular formula is C25H24N4O3S. The zero-order valence-corrected chi connectivity index (χ0v) is 18.8. The highest BCUT2D eigenvalue weighted by Crippen LogP contribution is 2.36. The molecule has 33 heavy (non-hydrogen) atoms. The monoisotopic (exact) mass is 460 g/mol. The van der Waals surface area contributed by atoms with Gasteiger partial charge in [0.25, 0.3) is 5.91 Å². The van der Waals surface area contributed by atoms with Gasteiger partial charge in [0, 0.05) is 29.3 Å². The van der Waals surface area contributed by atoms with Gasteiger partial charge in [-0.1, -0.05) is 36.4 Å². The molecule has 2 aliphatic rings. The second-order valence-electron chi connectivity index (χ2n) is 8.09. The van der Waals surface area contributed by atoms with Crippen LogP contribution in [0.5, 0.6) is 0 Å². The Kier molecular flexibility index (Phi) is 6.02. The molecule has 8 heteroatoms. The Morgan fingerprint density at radius 2 is 1.97 bits per heavy atom. The first kappa shape index (κ1) is 21.5. The number of amides is 2. The summed E-state index contributed by atoms with van der Waals surface area (Å²) in [5, 5.41) is 1.60. The second-order valence-corrected chi connectivity index (χ2v) is 9.10. The van der Waals surface area contributed by atoms with E-state index in [1.54, 1.807) is 4.90 Å². The van der Waals surface area contributed by atoms with Crippen molar-refractivity contribution in [1.29, 1.82) is 0 Å². The second kappa shape index (κ2) is 9.25. The standard InChI is InChI=1S/C25H24N4O3S/c26-23(30)16-28-14-17(20-10-4-5-11-21(20)28)13-22-24(31)29(15-19-9-6-12-32-19)25(33-22)27-18-7-2-1-3-8-18/h1-5,7-8,10-11,13-14,19H,6,9,12,15-16H2,(H2,26,30)/b22-13-,27-25?/t19-/m1/s1. The molecule has 7 nitrogen and oxygen atoms in total. The lowest BCUT2D eigenvalue weighted by Crippen LogP contribution is -2.36. The Labute approximate surface area is 195 Å². The minimum atomic E-state index is -0.415. The van der Waals surface area contributed by atoms with Gasteiger partial charge in [0.05, 0.1) is 23.2 Å². The number of para-hydroxylation sites is 2. The molecule has 2 amide bonds. The van der Waals surface area contributed by atoms with Gasteiger partial charge in [0.1, 0.15) is 6.54 Å². The molecule has 2 N–H and O–H groups in total. The summed E-state index contributed by atoms with van der Waals surface area (Å²) in [5.41, 5.74) is 7.98. The quantitative estimate of drug-likeness (QED) is 0.565. The fraction of sp³-hybridized carbons (Fsp3) is 0.240. The molecule has 0 unspecified atom stereocenters. The van der Waals surface area contributed by atoms with E-state index in [-0.39, 0.29) is 18.6 Å². The van der Waals surface area contributed by atoms with Crippen LogP contribution in [0.4, 0.5) is 5.69 Å². The van der Waals surface area contributed by atoms with Crippen molar-refractivity contribution in [3.05, 3.63) is 71.3 Å². The zero-order chi connectivity index (χ0) is 22.8. The van der Waals surface area contributed by atoms with Gasteiger partial charge in [-0.3, -0.25) is 14.5 Å². The number of thioether (sulfide) groups is 1. The first-order valence-corrected chi connectivity index (χ1v) is 11.7. The van der Waals surface area contributed by atoms with Crippen molar-refractivity contribution in [2.24, 2.45) is 10.7 Å². The molecular weight excluding hydrogens is 436 g/mol. The van der Waals surface area contributed by atoms with Crippen LogP contribution in [0.25, 0.3) is 17.0 Å². The SMILES string of the molecule is NC(=O)Cn1cc(/C=C2\SC(=Nc3ccccc3)N(C[C@H]3CCCO3)C2=O)c2ccccc21. The summed E-state index contributed by atoms with van der Waals surface area (Å²) in [4.78, 5) is 32.0. The first-order valence-electron chi connectivity index (χ1n) is 10.9. The van der Waals surface area contributed by atoms with Crippen molar-refractivity contribution < 1.29 is 14.3 Å². The lowest BCUT2D eigenvalue weighted by molar-refractivity contribution is -0.123. The van der Waals surface area contributed by atoms with Crippen LogP contribution in [-0.4, -0.2) is 45.7 Å². The maximum absolute atomic E-state index is 13.4. The van der Waals surface area contributed by atoms with Crippen molar-refractivity contribution >= 4 is 51.4 Å². The average Bonchev–Trinajstić information content (AvgIpc) is 3.51. The molecule has 3 aromatic rings. The molecule has 1 atom stereocenters. The van der Waals surface area contributed by atoms with E-state index in [1.807, 2.05) is 71.4 Å². The Morgan fingerprint density at radius 3 is 2.73 bits per heavy atom. The van der Waals surface area contributed by atoms with Crippen LogP contribution < -0.4 is 5.73 Å².